The summed E-state index contributed by atoms with van der Waals surface area (Å²) in [5.74, 6) is 1.37. The first-order valence-electron chi connectivity index (χ1n) is 37.8. The highest BCUT2D eigenvalue weighted by Crippen LogP contribution is 2.54. The molecule has 0 atom stereocenters. The van der Waals surface area contributed by atoms with Crippen molar-refractivity contribution in [1.29, 1.82) is 0 Å². The maximum Gasteiger partial charge on any atom is 0.237 e. The van der Waals surface area contributed by atoms with Crippen LogP contribution in [0.5, 0.6) is 0 Å². The second-order valence-corrected chi connectivity index (χ2v) is 31.7. The van der Waals surface area contributed by atoms with E-state index in [0.29, 0.717) is 5.95 Å². The van der Waals surface area contributed by atoms with Gasteiger partial charge in [0.25, 0.3) is 0 Å². The molecule has 5 heteroatoms. The van der Waals surface area contributed by atoms with Crippen molar-refractivity contribution in [3.63, 3.8) is 0 Å². The Bertz CT molecular complexity index is 6840. The molecular formula is C103H73N5. The Morgan fingerprint density at radius 2 is 0.528 bits per heavy atom. The van der Waals surface area contributed by atoms with E-state index in [-0.39, 0.29) is 16.2 Å². The maximum atomic E-state index is 5.77. The van der Waals surface area contributed by atoms with Gasteiger partial charge >= 0.3 is 0 Å². The highest BCUT2D eigenvalue weighted by molar-refractivity contribution is 6.13. The SMILES string of the molecule is CC1(C)c2ccccc2-c2cc(-c3ccc4c(c3)c3ccccc3n4-c3cccc(-c4ccc(-c5cccc(-c6cc(-n7c8ccccc8c8cc(-c9ccc%10c(c9)-c9ccccc9C%10(C)C)ccc87)nc(-n7c8ccccc8c8cc(-c9ccc%10c(c9)-c9ccccc9C%10(C)C)ccc87)n6)c5)cc4)c3)ccc21. The third-order valence-corrected chi connectivity index (χ3v) is 24.7. The molecule has 510 valence electrons. The Hall–Kier alpha value is -13.2. The van der Waals surface area contributed by atoms with E-state index in [2.05, 4.69) is 389 Å². The molecule has 0 radical (unpaired) electrons. The fraction of sp³-hybridized carbons (Fsp3) is 0.0874. The third-order valence-electron chi connectivity index (χ3n) is 24.7. The van der Waals surface area contributed by atoms with Crippen LogP contribution in [-0.4, -0.2) is 23.7 Å². The van der Waals surface area contributed by atoms with Crippen LogP contribution in [0, 0.1) is 0 Å². The molecule has 5 nitrogen and oxygen atoms in total. The number of fused-ring (bicyclic) bond motifs is 18. The standard InChI is InChI=1S/C103H73N5/c1-101(2)86-31-13-7-25-74(86)80-55-66(41-47-89(80)101)69-44-50-96-83(58-69)77-28-10-16-34-93(77)106(96)73-24-20-22-65(54-73)63-39-37-62(38-40-63)64-21-19-23-72(53-64)92-61-99(107-94-35-17-11-29-78(94)84-59-70(45-51-97(84)107)67-42-48-90-81(56-67)75-26-8-14-32-87(75)102(90,3)4)105-100(104-92)108-95-36-18-12-30-79(95)85-60-71(46-52-98(85)108)68-43-49-91-82(57-68)76-27-9-15-33-88(76)103(91,5)6/h7-61H,1-6H3. The van der Waals surface area contributed by atoms with Gasteiger partial charge in [-0.1, -0.05) is 278 Å². The van der Waals surface area contributed by atoms with Gasteiger partial charge in [-0.05, 0) is 213 Å². The Morgan fingerprint density at radius 3 is 1.00 bits per heavy atom. The Morgan fingerprint density at radius 1 is 0.204 bits per heavy atom. The number of rotatable bonds is 9. The predicted molar refractivity (Wildman–Crippen MR) is 450 cm³/mol. The Balaban J connectivity index is 0.648. The van der Waals surface area contributed by atoms with E-state index in [1.54, 1.807) is 0 Å². The number of aromatic nitrogens is 5. The lowest BCUT2D eigenvalue weighted by atomic mass is 9.82. The van der Waals surface area contributed by atoms with Crippen molar-refractivity contribution in [3.8, 4) is 118 Å². The second-order valence-electron chi connectivity index (χ2n) is 31.7. The zero-order valence-corrected chi connectivity index (χ0v) is 61.0. The number of benzene rings is 15. The van der Waals surface area contributed by atoms with Gasteiger partial charge in [0.1, 0.15) is 5.82 Å². The molecular weight excluding hydrogens is 1310 g/mol. The molecule has 0 fully saturated rings. The minimum atomic E-state index is -0.0742. The summed E-state index contributed by atoms with van der Waals surface area (Å²) in [5.41, 5.74) is 37.2. The van der Waals surface area contributed by atoms with Crippen molar-refractivity contribution in [2.75, 3.05) is 0 Å². The zero-order chi connectivity index (χ0) is 72.1. The number of hydrogen-bond acceptors (Lipinski definition) is 2. The molecule has 0 N–H and O–H groups in total. The summed E-state index contributed by atoms with van der Waals surface area (Å²) in [4.78, 5) is 11.5. The summed E-state index contributed by atoms with van der Waals surface area (Å²) < 4.78 is 7.07. The topological polar surface area (TPSA) is 40.6 Å². The average Bonchev–Trinajstić information content (AvgIpc) is 1.59. The predicted octanol–water partition coefficient (Wildman–Crippen LogP) is 26.7. The molecule has 0 saturated carbocycles. The molecule has 19 aromatic rings. The van der Waals surface area contributed by atoms with Crippen LogP contribution >= 0.6 is 0 Å². The summed E-state index contributed by atoms with van der Waals surface area (Å²) in [5, 5.41) is 7.08. The van der Waals surface area contributed by atoms with Gasteiger partial charge in [-0.3, -0.25) is 9.13 Å². The van der Waals surface area contributed by atoms with E-state index < -0.39 is 0 Å². The molecule has 108 heavy (non-hydrogen) atoms. The molecule has 22 rings (SSSR count). The molecule has 0 aliphatic heterocycles. The van der Waals surface area contributed by atoms with Gasteiger partial charge in [-0.15, -0.1) is 0 Å². The molecule has 0 saturated heterocycles. The molecule has 0 amide bonds. The van der Waals surface area contributed by atoms with Crippen molar-refractivity contribution in [2.24, 2.45) is 0 Å². The van der Waals surface area contributed by atoms with Crippen LogP contribution in [0.3, 0.4) is 0 Å². The number of para-hydroxylation sites is 3. The summed E-state index contributed by atoms with van der Waals surface area (Å²) in [6.07, 6.45) is 0. The fourth-order valence-corrected chi connectivity index (χ4v) is 19.2. The lowest BCUT2D eigenvalue weighted by Gasteiger charge is -2.21. The van der Waals surface area contributed by atoms with Crippen LogP contribution in [-0.2, 0) is 16.2 Å². The van der Waals surface area contributed by atoms with Crippen LogP contribution in [0.15, 0.2) is 334 Å². The monoisotopic (exact) mass is 1380 g/mol. The van der Waals surface area contributed by atoms with E-state index in [9.17, 15) is 0 Å². The van der Waals surface area contributed by atoms with Gasteiger partial charge in [0.2, 0.25) is 5.95 Å². The van der Waals surface area contributed by atoms with E-state index in [4.69, 9.17) is 9.97 Å². The van der Waals surface area contributed by atoms with Crippen LogP contribution < -0.4 is 0 Å². The van der Waals surface area contributed by atoms with Gasteiger partial charge in [0, 0.05) is 65.9 Å². The lowest BCUT2D eigenvalue weighted by Crippen LogP contribution is -2.14. The van der Waals surface area contributed by atoms with Gasteiger partial charge in [-0.25, -0.2) is 4.98 Å². The minimum absolute atomic E-state index is 0.0360. The van der Waals surface area contributed by atoms with Crippen LogP contribution in [0.1, 0.15) is 74.9 Å². The molecule has 3 aliphatic rings. The van der Waals surface area contributed by atoms with E-state index in [1.807, 2.05) is 0 Å². The highest BCUT2D eigenvalue weighted by atomic mass is 15.2. The first-order chi connectivity index (χ1) is 52.8. The van der Waals surface area contributed by atoms with Crippen LogP contribution in [0.2, 0.25) is 0 Å². The van der Waals surface area contributed by atoms with Gasteiger partial charge in [0.05, 0.1) is 38.8 Å². The van der Waals surface area contributed by atoms with Crippen molar-refractivity contribution in [3.05, 3.63) is 367 Å². The van der Waals surface area contributed by atoms with Crippen LogP contribution in [0.4, 0.5) is 0 Å². The first-order valence-corrected chi connectivity index (χ1v) is 37.8. The smallest absolute Gasteiger partial charge is 0.237 e. The number of nitrogens with zero attached hydrogens (tertiary/aromatic N) is 5. The van der Waals surface area contributed by atoms with Gasteiger partial charge in [0.15, 0.2) is 0 Å². The lowest BCUT2D eigenvalue weighted by molar-refractivity contribution is 0.660. The molecule has 0 unspecified atom stereocenters. The fourth-order valence-electron chi connectivity index (χ4n) is 19.2. The Kier molecular flexibility index (Phi) is 13.2. The third kappa shape index (κ3) is 9.12. The molecule has 3 aliphatic carbocycles. The van der Waals surface area contributed by atoms with E-state index in [1.165, 1.54) is 122 Å². The van der Waals surface area contributed by atoms with Crippen molar-refractivity contribution < 1.29 is 0 Å². The van der Waals surface area contributed by atoms with E-state index >= 15 is 0 Å². The summed E-state index contributed by atoms with van der Waals surface area (Å²) in [6, 6.07) is 124. The van der Waals surface area contributed by atoms with Crippen LogP contribution in [0.25, 0.3) is 183 Å². The molecule has 0 bridgehead atoms. The molecule has 15 aromatic carbocycles. The zero-order valence-electron chi connectivity index (χ0n) is 61.0. The van der Waals surface area contributed by atoms with Crippen molar-refractivity contribution in [2.45, 2.75) is 57.8 Å². The number of hydrogen-bond donors (Lipinski definition) is 0. The van der Waals surface area contributed by atoms with Gasteiger partial charge < -0.3 is 4.57 Å². The molecule has 4 heterocycles. The maximum absolute atomic E-state index is 5.77. The quantitative estimate of drug-likeness (QED) is 0.144. The second kappa shape index (κ2) is 22.9. The van der Waals surface area contributed by atoms with Gasteiger partial charge in [-0.2, -0.15) is 4.98 Å². The summed E-state index contributed by atoms with van der Waals surface area (Å²) in [6.45, 7) is 14.1. The van der Waals surface area contributed by atoms with Crippen molar-refractivity contribution in [1.82, 2.24) is 23.7 Å². The van der Waals surface area contributed by atoms with Crippen molar-refractivity contribution >= 4 is 65.4 Å². The Labute approximate surface area is 627 Å². The molecule has 0 spiro atoms. The normalized spacial score (nSPS) is 14.1. The summed E-state index contributed by atoms with van der Waals surface area (Å²) >= 11 is 0. The minimum Gasteiger partial charge on any atom is -0.309 e. The summed E-state index contributed by atoms with van der Waals surface area (Å²) in [7, 11) is 0. The average molecular weight is 1380 g/mol. The molecule has 4 aromatic heterocycles. The first kappa shape index (κ1) is 62.2. The van der Waals surface area contributed by atoms with E-state index in [0.717, 1.165) is 88.6 Å². The highest BCUT2D eigenvalue weighted by Gasteiger charge is 2.38. The largest absolute Gasteiger partial charge is 0.309 e.